The summed E-state index contributed by atoms with van der Waals surface area (Å²) in [5.74, 6) is 0.482. The van der Waals surface area contributed by atoms with Crippen molar-refractivity contribution in [2.24, 2.45) is 0 Å². The van der Waals surface area contributed by atoms with Crippen LogP contribution in [0.25, 0.3) is 0 Å². The van der Waals surface area contributed by atoms with E-state index in [4.69, 9.17) is 4.52 Å². The summed E-state index contributed by atoms with van der Waals surface area (Å²) in [6.45, 7) is 5.23. The summed E-state index contributed by atoms with van der Waals surface area (Å²) >= 11 is -0.195. The van der Waals surface area contributed by atoms with Crippen LogP contribution in [0.1, 0.15) is 11.1 Å². The van der Waals surface area contributed by atoms with E-state index >= 15 is 0 Å². The van der Waals surface area contributed by atoms with Crippen LogP contribution >= 0.6 is 19.3 Å². The third kappa shape index (κ3) is 6.13. The van der Waals surface area contributed by atoms with Crippen LogP contribution in [0.2, 0.25) is 0 Å². The molecule has 0 aliphatic carbocycles. The van der Waals surface area contributed by atoms with Crippen LogP contribution in [0, 0.1) is 13.8 Å². The smallest absolute Gasteiger partial charge is 0.429 e. The third-order valence-electron chi connectivity index (χ3n) is 2.89. The minimum atomic E-state index is -4.33. The molecule has 0 aliphatic heterocycles. The third-order valence-corrected chi connectivity index (χ3v) is 4.86. The van der Waals surface area contributed by atoms with Gasteiger partial charge >= 0.3 is 13.0 Å². The van der Waals surface area contributed by atoms with Crippen molar-refractivity contribution in [1.29, 1.82) is 0 Å². The lowest BCUT2D eigenvalue weighted by atomic mass is 10.1. The number of anilines is 1. The first-order valence-corrected chi connectivity index (χ1v) is 9.91. The Hall–Kier alpha value is -1.59. The Morgan fingerprint density at radius 1 is 1.04 bits per heavy atom. The lowest BCUT2D eigenvalue weighted by Crippen LogP contribution is -2.03. The SMILES string of the molecule is Cc1cc(C)cc(O[P@](C)(=O)Nc2ccc(SC(F)(F)F)cc2)c1. The van der Waals surface area contributed by atoms with Crippen LogP contribution < -0.4 is 9.61 Å². The zero-order chi connectivity index (χ0) is 18.0. The van der Waals surface area contributed by atoms with E-state index in [1.54, 1.807) is 12.1 Å². The molecule has 0 fully saturated rings. The summed E-state index contributed by atoms with van der Waals surface area (Å²) in [4.78, 5) is 0.0641. The number of nitrogens with one attached hydrogen (secondary N) is 1. The topological polar surface area (TPSA) is 38.3 Å². The van der Waals surface area contributed by atoms with E-state index in [0.29, 0.717) is 11.4 Å². The second kappa shape index (κ2) is 7.11. The zero-order valence-electron chi connectivity index (χ0n) is 13.3. The fourth-order valence-electron chi connectivity index (χ4n) is 2.18. The molecular formula is C16H17F3NO2PS. The molecule has 8 heteroatoms. The summed E-state index contributed by atoms with van der Waals surface area (Å²) in [7, 11) is -3.21. The zero-order valence-corrected chi connectivity index (χ0v) is 15.1. The van der Waals surface area contributed by atoms with Crippen molar-refractivity contribution in [3.05, 3.63) is 53.6 Å². The van der Waals surface area contributed by atoms with E-state index in [2.05, 4.69) is 5.09 Å². The molecule has 1 atom stereocenters. The Kier molecular flexibility index (Phi) is 5.56. The molecule has 1 N–H and O–H groups in total. The van der Waals surface area contributed by atoms with Gasteiger partial charge in [-0.2, -0.15) is 13.2 Å². The molecule has 2 aromatic rings. The van der Waals surface area contributed by atoms with Crippen LogP contribution in [-0.2, 0) is 4.57 Å². The molecule has 0 saturated heterocycles. The standard InChI is InChI=1S/C16H17F3NO2PS/c1-11-8-12(2)10-14(9-11)22-23(3,21)20-13-4-6-15(7-5-13)24-16(17,18)19/h4-10H,1-3H3,(H,20,21)/t23-/m0/s1. The van der Waals surface area contributed by atoms with Crippen molar-refractivity contribution in [1.82, 2.24) is 0 Å². The van der Waals surface area contributed by atoms with Crippen molar-refractivity contribution in [2.75, 3.05) is 11.8 Å². The molecule has 0 heterocycles. The molecule has 0 aliphatic rings. The molecule has 0 radical (unpaired) electrons. The van der Waals surface area contributed by atoms with E-state index in [9.17, 15) is 17.7 Å². The molecule has 2 rings (SSSR count). The Balaban J connectivity index is 2.07. The van der Waals surface area contributed by atoms with Crippen molar-refractivity contribution in [2.45, 2.75) is 24.3 Å². The average molecular weight is 375 g/mol. The minimum Gasteiger partial charge on any atom is -0.429 e. The number of benzene rings is 2. The molecule has 130 valence electrons. The first-order chi connectivity index (χ1) is 11.0. The number of halogens is 3. The highest BCUT2D eigenvalue weighted by Crippen LogP contribution is 2.44. The van der Waals surface area contributed by atoms with Gasteiger partial charge in [0.15, 0.2) is 0 Å². The summed E-state index contributed by atoms with van der Waals surface area (Å²) < 4.78 is 55.0. The van der Waals surface area contributed by atoms with Gasteiger partial charge < -0.3 is 9.61 Å². The fourth-order valence-corrected chi connectivity index (χ4v) is 3.89. The minimum absolute atomic E-state index is 0.0641. The Bertz CT molecular complexity index is 743. The van der Waals surface area contributed by atoms with Gasteiger partial charge in [0.1, 0.15) is 5.75 Å². The number of aryl methyl sites for hydroxylation is 2. The molecule has 3 nitrogen and oxygen atoms in total. The maximum atomic E-state index is 12.6. The van der Waals surface area contributed by atoms with E-state index in [0.717, 1.165) is 11.1 Å². The van der Waals surface area contributed by atoms with Crippen molar-refractivity contribution in [3.8, 4) is 5.75 Å². The summed E-state index contributed by atoms with van der Waals surface area (Å²) in [6, 6.07) is 11.0. The number of rotatable bonds is 5. The van der Waals surface area contributed by atoms with E-state index in [1.807, 2.05) is 19.9 Å². The maximum absolute atomic E-state index is 12.6. The second-order valence-electron chi connectivity index (χ2n) is 5.44. The van der Waals surface area contributed by atoms with E-state index in [-0.39, 0.29) is 16.7 Å². The summed E-state index contributed by atoms with van der Waals surface area (Å²) in [5, 5.41) is 2.74. The lowest BCUT2D eigenvalue weighted by Gasteiger charge is -2.18. The fraction of sp³-hybridized carbons (Fsp3) is 0.250. The van der Waals surface area contributed by atoms with Gasteiger partial charge in [-0.25, -0.2) is 0 Å². The largest absolute Gasteiger partial charge is 0.446 e. The van der Waals surface area contributed by atoms with Gasteiger partial charge in [0.05, 0.1) is 0 Å². The molecule has 0 aromatic heterocycles. The number of hydrogen-bond donors (Lipinski definition) is 1. The molecule has 0 bridgehead atoms. The van der Waals surface area contributed by atoms with E-state index < -0.39 is 13.0 Å². The number of hydrogen-bond acceptors (Lipinski definition) is 3. The van der Waals surface area contributed by atoms with Crippen molar-refractivity contribution in [3.63, 3.8) is 0 Å². The highest BCUT2D eigenvalue weighted by atomic mass is 32.2. The number of alkyl halides is 3. The summed E-state index contributed by atoms with van der Waals surface area (Å²) in [5.41, 5.74) is -1.94. The Morgan fingerprint density at radius 2 is 1.58 bits per heavy atom. The highest BCUT2D eigenvalue weighted by molar-refractivity contribution is 8.00. The molecule has 24 heavy (non-hydrogen) atoms. The van der Waals surface area contributed by atoms with Gasteiger partial charge in [-0.05, 0) is 73.1 Å². The molecule has 0 unspecified atom stereocenters. The Labute approximate surface area is 143 Å². The average Bonchev–Trinajstić information content (AvgIpc) is 2.37. The normalized spacial score (nSPS) is 14.1. The second-order valence-corrected chi connectivity index (χ2v) is 8.68. The molecule has 0 amide bonds. The highest BCUT2D eigenvalue weighted by Gasteiger charge is 2.29. The van der Waals surface area contributed by atoms with E-state index in [1.165, 1.54) is 30.9 Å². The molecule has 2 aromatic carbocycles. The first kappa shape index (κ1) is 18.7. The van der Waals surface area contributed by atoms with Gasteiger partial charge in [-0.1, -0.05) is 6.07 Å². The van der Waals surface area contributed by atoms with Crippen LogP contribution in [-0.4, -0.2) is 12.2 Å². The van der Waals surface area contributed by atoms with Gasteiger partial charge in [0.2, 0.25) is 0 Å². The van der Waals surface area contributed by atoms with Crippen LogP contribution in [0.4, 0.5) is 18.9 Å². The first-order valence-electron chi connectivity index (χ1n) is 7.02. The monoisotopic (exact) mass is 375 g/mol. The van der Waals surface area contributed by atoms with Gasteiger partial charge in [-0.15, -0.1) is 0 Å². The van der Waals surface area contributed by atoms with Crippen molar-refractivity contribution >= 4 is 25.0 Å². The van der Waals surface area contributed by atoms with Crippen LogP contribution in [0.5, 0.6) is 5.75 Å². The van der Waals surface area contributed by atoms with Crippen LogP contribution in [0.3, 0.4) is 0 Å². The molecular weight excluding hydrogens is 358 g/mol. The Morgan fingerprint density at radius 3 is 2.08 bits per heavy atom. The molecule has 0 spiro atoms. The number of thioether (sulfide) groups is 1. The molecule has 0 saturated carbocycles. The van der Waals surface area contributed by atoms with Gasteiger partial charge in [0.25, 0.3) is 0 Å². The maximum Gasteiger partial charge on any atom is 0.446 e. The lowest BCUT2D eigenvalue weighted by molar-refractivity contribution is -0.0328. The summed E-state index contributed by atoms with van der Waals surface area (Å²) in [6.07, 6.45) is 0. The van der Waals surface area contributed by atoms with Crippen molar-refractivity contribution < 1.29 is 22.3 Å². The van der Waals surface area contributed by atoms with Gasteiger partial charge in [-0.3, -0.25) is 4.57 Å². The predicted octanol–water partition coefficient (Wildman–Crippen LogP) is 6.23. The van der Waals surface area contributed by atoms with Gasteiger partial charge in [0, 0.05) is 17.2 Å². The predicted molar refractivity (Wildman–Crippen MR) is 92.1 cm³/mol. The quantitative estimate of drug-likeness (QED) is 0.497. The van der Waals surface area contributed by atoms with Crippen LogP contribution in [0.15, 0.2) is 47.4 Å².